The van der Waals surface area contributed by atoms with Gasteiger partial charge in [-0.3, -0.25) is 0 Å². The van der Waals surface area contributed by atoms with Crippen molar-refractivity contribution in [3.63, 3.8) is 0 Å². The van der Waals surface area contributed by atoms with Crippen LogP contribution in [0.15, 0.2) is 18.8 Å². The minimum absolute atomic E-state index is 0.190. The Morgan fingerprint density at radius 3 is 2.95 bits per heavy atom. The second kappa shape index (κ2) is 5.84. The third-order valence-corrected chi connectivity index (χ3v) is 3.24. The first-order chi connectivity index (χ1) is 9.17. The number of methoxy groups -OCH3 is 1. The van der Waals surface area contributed by atoms with Crippen molar-refractivity contribution in [3.05, 3.63) is 30.0 Å². The Hall–Kier alpha value is -1.88. The minimum atomic E-state index is -0.523. The predicted molar refractivity (Wildman–Crippen MR) is 69.9 cm³/mol. The average molecular weight is 263 g/mol. The summed E-state index contributed by atoms with van der Waals surface area (Å²) in [6.45, 7) is 3.66. The summed E-state index contributed by atoms with van der Waals surface area (Å²) in [5.41, 5.74) is 0.850. The summed E-state index contributed by atoms with van der Waals surface area (Å²) in [5, 5.41) is 9.77. The Morgan fingerprint density at radius 1 is 1.58 bits per heavy atom. The monoisotopic (exact) mass is 263 g/mol. The zero-order chi connectivity index (χ0) is 13.8. The Morgan fingerprint density at radius 2 is 2.37 bits per heavy atom. The van der Waals surface area contributed by atoms with Gasteiger partial charge in [0.15, 0.2) is 0 Å². The van der Waals surface area contributed by atoms with Crippen LogP contribution in [0.5, 0.6) is 5.88 Å². The molecule has 0 unspecified atom stereocenters. The van der Waals surface area contributed by atoms with Crippen LogP contribution in [0.25, 0.3) is 6.08 Å². The zero-order valence-electron chi connectivity index (χ0n) is 10.8. The summed E-state index contributed by atoms with van der Waals surface area (Å²) in [6.07, 6.45) is 4.61. The van der Waals surface area contributed by atoms with Crippen molar-refractivity contribution in [2.75, 3.05) is 7.11 Å². The van der Waals surface area contributed by atoms with Gasteiger partial charge in [-0.2, -0.15) is 0 Å². The van der Waals surface area contributed by atoms with Crippen molar-refractivity contribution < 1.29 is 19.4 Å². The van der Waals surface area contributed by atoms with E-state index in [9.17, 15) is 9.90 Å². The molecule has 2 rings (SSSR count). The molecule has 0 amide bonds. The number of rotatable bonds is 4. The number of ether oxygens (including phenoxy) is 2. The molecule has 1 aromatic heterocycles. The second-order valence-electron chi connectivity index (χ2n) is 4.43. The fraction of sp³-hybridized carbons (Fsp3) is 0.429. The number of aromatic nitrogens is 1. The number of carbonyl (C=O) groups is 1. The van der Waals surface area contributed by atoms with E-state index in [0.717, 1.165) is 12.8 Å². The van der Waals surface area contributed by atoms with Gasteiger partial charge in [0, 0.05) is 6.20 Å². The first-order valence-electron chi connectivity index (χ1n) is 6.22. The molecule has 1 aliphatic carbocycles. The molecule has 0 saturated heterocycles. The van der Waals surface area contributed by atoms with Crippen LogP contribution < -0.4 is 4.74 Å². The number of carbonyl (C=O) groups excluding carboxylic acids is 1. The highest BCUT2D eigenvalue weighted by atomic mass is 16.5. The van der Waals surface area contributed by atoms with Crippen LogP contribution in [0.1, 0.15) is 35.2 Å². The summed E-state index contributed by atoms with van der Waals surface area (Å²) < 4.78 is 10.4. The zero-order valence-corrected chi connectivity index (χ0v) is 10.8. The maximum atomic E-state index is 11.8. The van der Waals surface area contributed by atoms with Gasteiger partial charge in [-0.25, -0.2) is 9.78 Å². The third-order valence-electron chi connectivity index (χ3n) is 3.24. The van der Waals surface area contributed by atoms with Gasteiger partial charge in [-0.1, -0.05) is 12.7 Å². The maximum Gasteiger partial charge on any atom is 0.344 e. The van der Waals surface area contributed by atoms with Crippen LogP contribution in [0.3, 0.4) is 0 Å². The van der Waals surface area contributed by atoms with Crippen molar-refractivity contribution in [1.29, 1.82) is 0 Å². The van der Waals surface area contributed by atoms with E-state index < -0.39 is 12.1 Å². The number of hydrogen-bond donors (Lipinski definition) is 1. The van der Waals surface area contributed by atoms with Crippen molar-refractivity contribution >= 4 is 12.0 Å². The molecule has 5 nitrogen and oxygen atoms in total. The Kier molecular flexibility index (Phi) is 4.16. The van der Waals surface area contributed by atoms with E-state index in [0.29, 0.717) is 12.0 Å². The highest BCUT2D eigenvalue weighted by Crippen LogP contribution is 2.28. The van der Waals surface area contributed by atoms with Crippen LogP contribution in [-0.4, -0.2) is 35.4 Å². The lowest BCUT2D eigenvalue weighted by molar-refractivity contribution is 0.0502. The molecule has 0 spiro atoms. The van der Waals surface area contributed by atoms with Crippen LogP contribution in [0.4, 0.5) is 0 Å². The second-order valence-corrected chi connectivity index (χ2v) is 4.43. The van der Waals surface area contributed by atoms with Crippen molar-refractivity contribution in [1.82, 2.24) is 4.98 Å². The molecule has 0 aromatic carbocycles. The lowest BCUT2D eigenvalue weighted by atomic mass is 10.1. The predicted octanol–water partition coefficient (Wildman–Crippen LogP) is 1.80. The molecule has 1 aromatic rings. The van der Waals surface area contributed by atoms with E-state index in [1.54, 1.807) is 18.3 Å². The summed E-state index contributed by atoms with van der Waals surface area (Å²) >= 11 is 0. The molecule has 1 saturated carbocycles. The van der Waals surface area contributed by atoms with Crippen molar-refractivity contribution in [3.8, 4) is 5.88 Å². The highest BCUT2D eigenvalue weighted by Gasteiger charge is 2.29. The van der Waals surface area contributed by atoms with E-state index in [1.807, 2.05) is 0 Å². The lowest BCUT2D eigenvalue weighted by Crippen LogP contribution is -2.27. The Balaban J connectivity index is 2.33. The molecule has 0 aliphatic heterocycles. The van der Waals surface area contributed by atoms with Gasteiger partial charge < -0.3 is 14.6 Å². The standard InChI is InChI=1S/C14H17NO4/c1-3-9-7-8-15-13(12(9)14(17)18-2)19-11-6-4-5-10(11)16/h3,7-8,10-11,16H,1,4-6H2,2H3/t10-,11-/m1/s1. The molecular weight excluding hydrogens is 246 g/mol. The normalized spacial score (nSPS) is 22.0. The molecule has 0 bridgehead atoms. The van der Waals surface area contributed by atoms with Gasteiger partial charge in [-0.15, -0.1) is 0 Å². The van der Waals surface area contributed by atoms with Gasteiger partial charge in [0.25, 0.3) is 0 Å². The Labute approximate surface area is 111 Å². The smallest absolute Gasteiger partial charge is 0.344 e. The van der Waals surface area contributed by atoms with Crippen LogP contribution >= 0.6 is 0 Å². The van der Waals surface area contributed by atoms with Crippen molar-refractivity contribution in [2.24, 2.45) is 0 Å². The largest absolute Gasteiger partial charge is 0.471 e. The van der Waals surface area contributed by atoms with E-state index in [2.05, 4.69) is 11.6 Å². The molecule has 1 heterocycles. The number of pyridine rings is 1. The van der Waals surface area contributed by atoms with Gasteiger partial charge in [-0.05, 0) is 30.9 Å². The van der Waals surface area contributed by atoms with Gasteiger partial charge in [0.2, 0.25) is 5.88 Å². The number of esters is 1. The van der Waals surface area contributed by atoms with Gasteiger partial charge in [0.1, 0.15) is 11.7 Å². The molecule has 1 fully saturated rings. The lowest BCUT2D eigenvalue weighted by Gasteiger charge is -2.18. The summed E-state index contributed by atoms with van der Waals surface area (Å²) in [6, 6.07) is 1.66. The summed E-state index contributed by atoms with van der Waals surface area (Å²) in [7, 11) is 1.30. The van der Waals surface area contributed by atoms with E-state index in [1.165, 1.54) is 7.11 Å². The highest BCUT2D eigenvalue weighted by molar-refractivity contribution is 5.95. The fourth-order valence-corrected chi connectivity index (χ4v) is 2.21. The molecule has 102 valence electrons. The van der Waals surface area contributed by atoms with Crippen LogP contribution in [0, 0.1) is 0 Å². The number of aliphatic hydroxyl groups is 1. The summed E-state index contributed by atoms with van der Waals surface area (Å²) in [4.78, 5) is 15.9. The quantitative estimate of drug-likeness (QED) is 0.839. The average Bonchev–Trinajstić information content (AvgIpc) is 2.83. The number of nitrogens with zero attached hydrogens (tertiary/aromatic N) is 1. The van der Waals surface area contributed by atoms with Crippen LogP contribution in [-0.2, 0) is 4.74 Å². The summed E-state index contributed by atoms with van der Waals surface area (Å²) in [5.74, 6) is -0.333. The van der Waals surface area contributed by atoms with Crippen molar-refractivity contribution in [2.45, 2.75) is 31.5 Å². The number of hydrogen-bond acceptors (Lipinski definition) is 5. The number of aliphatic hydroxyl groups excluding tert-OH is 1. The third kappa shape index (κ3) is 2.76. The SMILES string of the molecule is C=Cc1ccnc(O[C@@H]2CCC[C@H]2O)c1C(=O)OC. The molecule has 2 atom stereocenters. The van der Waals surface area contributed by atoms with Crippen LogP contribution in [0.2, 0.25) is 0 Å². The first kappa shape index (κ1) is 13.5. The fourth-order valence-electron chi connectivity index (χ4n) is 2.21. The maximum absolute atomic E-state index is 11.8. The molecule has 1 N–H and O–H groups in total. The molecule has 19 heavy (non-hydrogen) atoms. The Bertz CT molecular complexity index is 486. The van der Waals surface area contributed by atoms with E-state index >= 15 is 0 Å². The molecule has 1 aliphatic rings. The topological polar surface area (TPSA) is 68.7 Å². The van der Waals surface area contributed by atoms with E-state index in [-0.39, 0.29) is 17.5 Å². The van der Waals surface area contributed by atoms with E-state index in [4.69, 9.17) is 9.47 Å². The molecule has 0 radical (unpaired) electrons. The van der Waals surface area contributed by atoms with Gasteiger partial charge >= 0.3 is 5.97 Å². The first-order valence-corrected chi connectivity index (χ1v) is 6.22. The van der Waals surface area contributed by atoms with Gasteiger partial charge in [0.05, 0.1) is 13.2 Å². The molecule has 5 heteroatoms. The minimum Gasteiger partial charge on any atom is -0.471 e. The molecular formula is C14H17NO4.